The van der Waals surface area contributed by atoms with Crippen LogP contribution in [0.2, 0.25) is 0 Å². The highest BCUT2D eigenvalue weighted by Gasteiger charge is 2.13. The van der Waals surface area contributed by atoms with E-state index in [9.17, 15) is 4.79 Å². The maximum absolute atomic E-state index is 10.4. The maximum Gasteiger partial charge on any atom is 0.304 e. The molecule has 0 radical (unpaired) electrons. The number of methoxy groups -OCH3 is 1. The second-order valence-corrected chi connectivity index (χ2v) is 3.24. The molecule has 1 atom stereocenters. The van der Waals surface area contributed by atoms with E-state index >= 15 is 0 Å². The normalized spacial score (nSPS) is 12.7. The molecular formula is C10H14O4. The molecule has 0 amide bonds. The number of carboxylic acids is 1. The van der Waals surface area contributed by atoms with Gasteiger partial charge in [-0.2, -0.15) is 0 Å². The lowest BCUT2D eigenvalue weighted by Crippen LogP contribution is -2.01. The second-order valence-electron chi connectivity index (χ2n) is 3.24. The van der Waals surface area contributed by atoms with Crippen LogP contribution < -0.4 is 0 Å². The number of carboxylic acid groups (broad SMARTS) is 1. The summed E-state index contributed by atoms with van der Waals surface area (Å²) in [6.07, 6.45) is 0.0833. The Kier molecular flexibility index (Phi) is 3.71. The van der Waals surface area contributed by atoms with Crippen molar-refractivity contribution in [1.82, 2.24) is 0 Å². The van der Waals surface area contributed by atoms with E-state index in [2.05, 4.69) is 0 Å². The molecule has 4 nitrogen and oxygen atoms in total. The summed E-state index contributed by atoms with van der Waals surface area (Å²) in [5, 5.41) is 8.59. The number of aliphatic carboxylic acids is 1. The van der Waals surface area contributed by atoms with E-state index in [1.54, 1.807) is 19.2 Å². The molecule has 4 heteroatoms. The van der Waals surface area contributed by atoms with Crippen molar-refractivity contribution < 1.29 is 19.1 Å². The van der Waals surface area contributed by atoms with Gasteiger partial charge in [0.15, 0.2) is 0 Å². The molecule has 0 saturated heterocycles. The van der Waals surface area contributed by atoms with Crippen LogP contribution in [0.5, 0.6) is 0 Å². The highest BCUT2D eigenvalue weighted by Crippen LogP contribution is 2.21. The first-order valence-corrected chi connectivity index (χ1v) is 4.42. The smallest absolute Gasteiger partial charge is 0.304 e. The number of furan rings is 1. The number of carbonyl (C=O) groups is 1. The highest BCUT2D eigenvalue weighted by molar-refractivity contribution is 5.67. The third-order valence-electron chi connectivity index (χ3n) is 1.94. The Hall–Kier alpha value is -1.29. The van der Waals surface area contributed by atoms with Crippen LogP contribution in [0, 0.1) is 0 Å². The summed E-state index contributed by atoms with van der Waals surface area (Å²) in [5.41, 5.74) is 0. The number of hydrogen-bond donors (Lipinski definition) is 1. The Bertz CT molecular complexity index is 303. The third-order valence-corrected chi connectivity index (χ3v) is 1.94. The Balaban J connectivity index is 2.61. The summed E-state index contributed by atoms with van der Waals surface area (Å²) in [4.78, 5) is 10.4. The topological polar surface area (TPSA) is 59.7 Å². The van der Waals surface area contributed by atoms with Gasteiger partial charge < -0.3 is 14.3 Å². The van der Waals surface area contributed by atoms with Gasteiger partial charge in [-0.3, -0.25) is 4.79 Å². The lowest BCUT2D eigenvalue weighted by Gasteiger charge is -2.03. The number of ether oxygens (including phenoxy) is 1. The fourth-order valence-corrected chi connectivity index (χ4v) is 1.24. The fraction of sp³-hybridized carbons (Fsp3) is 0.500. The van der Waals surface area contributed by atoms with Crippen LogP contribution in [-0.4, -0.2) is 18.2 Å². The lowest BCUT2D eigenvalue weighted by atomic mass is 10.1. The van der Waals surface area contributed by atoms with Crippen molar-refractivity contribution in [3.05, 3.63) is 23.7 Å². The van der Waals surface area contributed by atoms with Crippen molar-refractivity contribution in [2.45, 2.75) is 25.9 Å². The Morgan fingerprint density at radius 3 is 2.93 bits per heavy atom. The lowest BCUT2D eigenvalue weighted by molar-refractivity contribution is -0.137. The minimum Gasteiger partial charge on any atom is -0.481 e. The first-order chi connectivity index (χ1) is 6.63. The quantitative estimate of drug-likeness (QED) is 0.786. The van der Waals surface area contributed by atoms with E-state index in [0.717, 1.165) is 5.76 Å². The largest absolute Gasteiger partial charge is 0.481 e. The minimum absolute atomic E-state index is 0.0833. The zero-order valence-electron chi connectivity index (χ0n) is 8.32. The molecule has 0 spiro atoms. The van der Waals surface area contributed by atoms with E-state index in [-0.39, 0.29) is 12.3 Å². The molecular weight excluding hydrogens is 184 g/mol. The van der Waals surface area contributed by atoms with E-state index < -0.39 is 5.97 Å². The van der Waals surface area contributed by atoms with Crippen molar-refractivity contribution in [2.75, 3.05) is 7.11 Å². The predicted octanol–water partition coefficient (Wildman–Crippen LogP) is 2.00. The standard InChI is InChI=1S/C10H14O4/c1-7(5-10(11)12)9-4-3-8(14-9)6-13-2/h3-4,7H,5-6H2,1-2H3,(H,11,12). The van der Waals surface area contributed by atoms with E-state index in [0.29, 0.717) is 12.4 Å². The van der Waals surface area contributed by atoms with Gasteiger partial charge >= 0.3 is 5.97 Å². The summed E-state index contributed by atoms with van der Waals surface area (Å²) in [6, 6.07) is 3.60. The summed E-state index contributed by atoms with van der Waals surface area (Å²) in [6.45, 7) is 2.24. The molecule has 1 aromatic rings. The average Bonchev–Trinajstić information content (AvgIpc) is 2.52. The molecule has 0 aliphatic rings. The Labute approximate surface area is 82.5 Å². The highest BCUT2D eigenvalue weighted by atomic mass is 16.5. The van der Waals surface area contributed by atoms with Crippen molar-refractivity contribution in [2.24, 2.45) is 0 Å². The van der Waals surface area contributed by atoms with Gasteiger partial charge in [0, 0.05) is 13.0 Å². The molecule has 0 fully saturated rings. The molecule has 1 aromatic heterocycles. The van der Waals surface area contributed by atoms with Crippen molar-refractivity contribution in [3.8, 4) is 0 Å². The molecule has 1 N–H and O–H groups in total. The molecule has 1 unspecified atom stereocenters. The van der Waals surface area contributed by atoms with Gasteiger partial charge in [0.2, 0.25) is 0 Å². The zero-order chi connectivity index (χ0) is 10.6. The molecule has 0 bridgehead atoms. The third kappa shape index (κ3) is 2.88. The van der Waals surface area contributed by atoms with Crippen LogP contribution in [0.25, 0.3) is 0 Å². The van der Waals surface area contributed by atoms with Crippen LogP contribution in [0.15, 0.2) is 16.5 Å². The van der Waals surface area contributed by atoms with Crippen molar-refractivity contribution in [3.63, 3.8) is 0 Å². The van der Waals surface area contributed by atoms with Gasteiger partial charge in [-0.25, -0.2) is 0 Å². The van der Waals surface area contributed by atoms with Gasteiger partial charge in [0.25, 0.3) is 0 Å². The summed E-state index contributed by atoms with van der Waals surface area (Å²) >= 11 is 0. The van der Waals surface area contributed by atoms with Crippen LogP contribution in [0.3, 0.4) is 0 Å². The molecule has 1 rings (SSSR count). The van der Waals surface area contributed by atoms with Crippen LogP contribution >= 0.6 is 0 Å². The first kappa shape index (κ1) is 10.8. The first-order valence-electron chi connectivity index (χ1n) is 4.42. The van der Waals surface area contributed by atoms with E-state index in [1.165, 1.54) is 0 Å². The van der Waals surface area contributed by atoms with Crippen LogP contribution in [0.1, 0.15) is 30.8 Å². The van der Waals surface area contributed by atoms with E-state index in [4.69, 9.17) is 14.3 Å². The van der Waals surface area contributed by atoms with Gasteiger partial charge in [-0.05, 0) is 12.1 Å². The molecule has 0 saturated carbocycles. The summed E-state index contributed by atoms with van der Waals surface area (Å²) in [7, 11) is 1.59. The van der Waals surface area contributed by atoms with Gasteiger partial charge in [-0.1, -0.05) is 6.92 Å². The molecule has 14 heavy (non-hydrogen) atoms. The van der Waals surface area contributed by atoms with Crippen molar-refractivity contribution >= 4 is 5.97 Å². The molecule has 0 aliphatic heterocycles. The van der Waals surface area contributed by atoms with Crippen molar-refractivity contribution in [1.29, 1.82) is 0 Å². The minimum atomic E-state index is -0.817. The monoisotopic (exact) mass is 198 g/mol. The van der Waals surface area contributed by atoms with E-state index in [1.807, 2.05) is 6.92 Å². The maximum atomic E-state index is 10.4. The number of hydrogen-bond acceptors (Lipinski definition) is 3. The Morgan fingerprint density at radius 2 is 2.36 bits per heavy atom. The molecule has 1 heterocycles. The average molecular weight is 198 g/mol. The SMILES string of the molecule is COCc1ccc(C(C)CC(=O)O)o1. The van der Waals surface area contributed by atoms with Gasteiger partial charge in [0.1, 0.15) is 18.1 Å². The Morgan fingerprint density at radius 1 is 1.64 bits per heavy atom. The molecule has 0 aliphatic carbocycles. The van der Waals surface area contributed by atoms with Gasteiger partial charge in [-0.15, -0.1) is 0 Å². The second kappa shape index (κ2) is 4.81. The predicted molar refractivity (Wildman–Crippen MR) is 50.1 cm³/mol. The van der Waals surface area contributed by atoms with Crippen LogP contribution in [0.4, 0.5) is 0 Å². The zero-order valence-corrected chi connectivity index (χ0v) is 8.32. The van der Waals surface area contributed by atoms with Gasteiger partial charge in [0.05, 0.1) is 6.42 Å². The van der Waals surface area contributed by atoms with Crippen LogP contribution in [-0.2, 0) is 16.1 Å². The molecule has 78 valence electrons. The molecule has 0 aromatic carbocycles. The summed E-state index contributed by atoms with van der Waals surface area (Å²) < 4.78 is 10.3. The summed E-state index contributed by atoms with van der Waals surface area (Å²) in [5.74, 6) is 0.500. The fourth-order valence-electron chi connectivity index (χ4n) is 1.24. The number of rotatable bonds is 5.